The normalized spacial score (nSPS) is 14.7. The molecular weight excluding hydrogens is 406 g/mol. The number of nitrogens with zero attached hydrogens (tertiary/aromatic N) is 3. The first-order valence-corrected chi connectivity index (χ1v) is 10.7. The molecule has 150 valence electrons. The van der Waals surface area contributed by atoms with E-state index in [4.69, 9.17) is 12.2 Å². The molecular formula is C20H21N5O2S2. The summed E-state index contributed by atoms with van der Waals surface area (Å²) in [5, 5.41) is 13.7. The molecule has 4 rings (SSSR count). The summed E-state index contributed by atoms with van der Waals surface area (Å²) in [7, 11) is 1.91. The van der Waals surface area contributed by atoms with E-state index < -0.39 is 0 Å². The SMILES string of the molecule is Cn1c(C2CCN(C(=O)c3ccccc3NC(=O)c3ccsc3)CC2)n[nH]c1=S. The van der Waals surface area contributed by atoms with Crippen LogP contribution in [0, 0.1) is 4.77 Å². The molecule has 1 saturated heterocycles. The zero-order valence-corrected chi connectivity index (χ0v) is 17.6. The Morgan fingerprint density at radius 1 is 1.24 bits per heavy atom. The lowest BCUT2D eigenvalue weighted by atomic mass is 9.95. The number of carbonyl (C=O) groups excluding carboxylic acids is 2. The van der Waals surface area contributed by atoms with Gasteiger partial charge in [0.2, 0.25) is 0 Å². The van der Waals surface area contributed by atoms with Gasteiger partial charge in [0.05, 0.1) is 16.8 Å². The van der Waals surface area contributed by atoms with Crippen molar-refractivity contribution in [3.8, 4) is 0 Å². The van der Waals surface area contributed by atoms with Crippen LogP contribution in [-0.2, 0) is 7.05 Å². The maximum Gasteiger partial charge on any atom is 0.256 e. The summed E-state index contributed by atoms with van der Waals surface area (Å²) in [5.41, 5.74) is 1.63. The second-order valence-corrected chi connectivity index (χ2v) is 8.19. The van der Waals surface area contributed by atoms with E-state index in [0.29, 0.717) is 34.7 Å². The number of piperidine rings is 1. The zero-order chi connectivity index (χ0) is 20.4. The van der Waals surface area contributed by atoms with Gasteiger partial charge in [-0.3, -0.25) is 14.7 Å². The van der Waals surface area contributed by atoms with Crippen molar-refractivity contribution in [2.24, 2.45) is 7.05 Å². The minimum Gasteiger partial charge on any atom is -0.339 e. The summed E-state index contributed by atoms with van der Waals surface area (Å²) >= 11 is 6.66. The highest BCUT2D eigenvalue weighted by molar-refractivity contribution is 7.71. The number of nitrogens with one attached hydrogen (secondary N) is 2. The molecule has 1 fully saturated rings. The van der Waals surface area contributed by atoms with Gasteiger partial charge in [-0.2, -0.15) is 16.4 Å². The number of aromatic amines is 1. The van der Waals surface area contributed by atoms with Gasteiger partial charge in [-0.25, -0.2) is 0 Å². The van der Waals surface area contributed by atoms with Crippen molar-refractivity contribution in [1.82, 2.24) is 19.7 Å². The van der Waals surface area contributed by atoms with Gasteiger partial charge in [0.1, 0.15) is 5.82 Å². The van der Waals surface area contributed by atoms with E-state index in [2.05, 4.69) is 15.5 Å². The van der Waals surface area contributed by atoms with Crippen molar-refractivity contribution in [1.29, 1.82) is 0 Å². The zero-order valence-electron chi connectivity index (χ0n) is 15.9. The first kappa shape index (κ1) is 19.5. The highest BCUT2D eigenvalue weighted by atomic mass is 32.1. The van der Waals surface area contributed by atoms with Crippen molar-refractivity contribution in [3.05, 3.63) is 62.8 Å². The summed E-state index contributed by atoms with van der Waals surface area (Å²) < 4.78 is 2.50. The van der Waals surface area contributed by atoms with Gasteiger partial charge in [0, 0.05) is 31.4 Å². The first-order valence-electron chi connectivity index (χ1n) is 9.37. The molecule has 0 unspecified atom stereocenters. The van der Waals surface area contributed by atoms with E-state index in [1.54, 1.807) is 23.6 Å². The number of thiophene rings is 1. The minimum atomic E-state index is -0.212. The van der Waals surface area contributed by atoms with Crippen LogP contribution in [-0.4, -0.2) is 44.6 Å². The van der Waals surface area contributed by atoms with Crippen molar-refractivity contribution in [2.75, 3.05) is 18.4 Å². The predicted octanol–water partition coefficient (Wildman–Crippen LogP) is 3.81. The third kappa shape index (κ3) is 4.01. The monoisotopic (exact) mass is 427 g/mol. The molecule has 1 aromatic carbocycles. The molecule has 0 bridgehead atoms. The van der Waals surface area contributed by atoms with Gasteiger partial charge in [-0.05, 0) is 48.6 Å². The van der Waals surface area contributed by atoms with E-state index in [1.807, 2.05) is 34.0 Å². The summed E-state index contributed by atoms with van der Waals surface area (Å²) in [6.45, 7) is 1.27. The van der Waals surface area contributed by atoms with E-state index in [-0.39, 0.29) is 17.7 Å². The number of H-pyrrole nitrogens is 1. The lowest BCUT2D eigenvalue weighted by Gasteiger charge is -2.32. The van der Waals surface area contributed by atoms with Crippen LogP contribution in [0.2, 0.25) is 0 Å². The molecule has 1 aliphatic rings. The van der Waals surface area contributed by atoms with Crippen LogP contribution in [0.3, 0.4) is 0 Å². The Morgan fingerprint density at radius 2 is 2.00 bits per heavy atom. The number of benzene rings is 1. The number of likely N-dealkylation sites (tertiary alicyclic amines) is 1. The van der Waals surface area contributed by atoms with Crippen LogP contribution in [0.1, 0.15) is 45.3 Å². The average Bonchev–Trinajstić information content (AvgIpc) is 3.39. The van der Waals surface area contributed by atoms with Crippen LogP contribution in [0.15, 0.2) is 41.1 Å². The maximum absolute atomic E-state index is 13.1. The van der Waals surface area contributed by atoms with Crippen molar-refractivity contribution >= 4 is 41.1 Å². The largest absolute Gasteiger partial charge is 0.339 e. The Morgan fingerprint density at radius 3 is 2.66 bits per heavy atom. The third-order valence-electron chi connectivity index (χ3n) is 5.25. The van der Waals surface area contributed by atoms with Crippen LogP contribution in [0.5, 0.6) is 0 Å². The highest BCUT2D eigenvalue weighted by Crippen LogP contribution is 2.28. The minimum absolute atomic E-state index is 0.0694. The fourth-order valence-electron chi connectivity index (χ4n) is 3.60. The fourth-order valence-corrected chi connectivity index (χ4v) is 4.38. The predicted molar refractivity (Wildman–Crippen MR) is 115 cm³/mol. The highest BCUT2D eigenvalue weighted by Gasteiger charge is 2.28. The van der Waals surface area contributed by atoms with Gasteiger partial charge in [-0.15, -0.1) is 0 Å². The van der Waals surface area contributed by atoms with Gasteiger partial charge in [0.25, 0.3) is 11.8 Å². The van der Waals surface area contributed by atoms with Crippen LogP contribution in [0.4, 0.5) is 5.69 Å². The lowest BCUT2D eigenvalue weighted by molar-refractivity contribution is 0.0711. The molecule has 1 aliphatic heterocycles. The molecule has 0 radical (unpaired) electrons. The summed E-state index contributed by atoms with van der Waals surface area (Å²) in [6, 6.07) is 8.91. The molecule has 2 N–H and O–H groups in total. The number of hydrogen-bond donors (Lipinski definition) is 2. The summed E-state index contributed by atoms with van der Waals surface area (Å²) in [4.78, 5) is 27.4. The number of aromatic nitrogens is 3. The second kappa shape index (κ2) is 8.30. The number of amides is 2. The lowest BCUT2D eigenvalue weighted by Crippen LogP contribution is -2.38. The molecule has 3 aromatic rings. The van der Waals surface area contributed by atoms with Gasteiger partial charge in [-0.1, -0.05) is 12.1 Å². The van der Waals surface area contributed by atoms with Gasteiger partial charge >= 0.3 is 0 Å². The van der Waals surface area contributed by atoms with E-state index in [0.717, 1.165) is 18.7 Å². The topological polar surface area (TPSA) is 83.0 Å². The molecule has 2 aromatic heterocycles. The summed E-state index contributed by atoms with van der Waals surface area (Å²) in [5.74, 6) is 0.923. The maximum atomic E-state index is 13.1. The molecule has 2 amide bonds. The van der Waals surface area contributed by atoms with E-state index in [1.165, 1.54) is 11.3 Å². The van der Waals surface area contributed by atoms with E-state index >= 15 is 0 Å². The van der Waals surface area contributed by atoms with Crippen LogP contribution in [0.25, 0.3) is 0 Å². The molecule has 0 saturated carbocycles. The fraction of sp³-hybridized carbons (Fsp3) is 0.300. The smallest absolute Gasteiger partial charge is 0.256 e. The Balaban J connectivity index is 1.46. The number of para-hydroxylation sites is 1. The van der Waals surface area contributed by atoms with Crippen molar-refractivity contribution in [3.63, 3.8) is 0 Å². The Bertz CT molecular complexity index is 1080. The number of hydrogen-bond acceptors (Lipinski definition) is 5. The third-order valence-corrected chi connectivity index (χ3v) is 6.30. The molecule has 0 spiro atoms. The second-order valence-electron chi connectivity index (χ2n) is 7.02. The van der Waals surface area contributed by atoms with Gasteiger partial charge in [0.15, 0.2) is 4.77 Å². The number of rotatable bonds is 4. The van der Waals surface area contributed by atoms with E-state index in [9.17, 15) is 9.59 Å². The molecule has 0 atom stereocenters. The Hall–Kier alpha value is -2.78. The van der Waals surface area contributed by atoms with Crippen molar-refractivity contribution < 1.29 is 9.59 Å². The molecule has 3 heterocycles. The standard InChI is InChI=1S/C20H21N5O2S2/c1-24-17(22-23-20(24)28)13-6-9-25(10-7-13)19(27)15-4-2-3-5-16(15)21-18(26)14-8-11-29-12-14/h2-5,8,11-13H,6-7,9-10H2,1H3,(H,21,26)(H,23,28). The number of carbonyl (C=O) groups is 2. The Kier molecular flexibility index (Phi) is 5.59. The number of anilines is 1. The summed E-state index contributed by atoms with van der Waals surface area (Å²) in [6.07, 6.45) is 1.64. The van der Waals surface area contributed by atoms with Crippen LogP contribution >= 0.6 is 23.6 Å². The molecule has 0 aliphatic carbocycles. The first-order chi connectivity index (χ1) is 14.0. The van der Waals surface area contributed by atoms with Crippen LogP contribution < -0.4 is 5.32 Å². The molecule has 9 heteroatoms. The van der Waals surface area contributed by atoms with Gasteiger partial charge < -0.3 is 14.8 Å². The molecule has 7 nitrogen and oxygen atoms in total. The molecule has 29 heavy (non-hydrogen) atoms. The average molecular weight is 428 g/mol. The quantitative estimate of drug-likeness (QED) is 0.620. The Labute approximate surface area is 177 Å². The van der Waals surface area contributed by atoms with Crippen molar-refractivity contribution in [2.45, 2.75) is 18.8 Å².